The van der Waals surface area contributed by atoms with E-state index in [1.54, 1.807) is 18.5 Å². The minimum atomic E-state index is -0.106. The van der Waals surface area contributed by atoms with E-state index in [1.807, 2.05) is 6.07 Å². The van der Waals surface area contributed by atoms with Crippen LogP contribution in [0.4, 0.5) is 0 Å². The number of nitrogens with zero attached hydrogens (tertiary/aromatic N) is 1. The highest BCUT2D eigenvalue weighted by Gasteiger charge is 2.23. The zero-order valence-corrected chi connectivity index (χ0v) is 13.6. The number of carbonyl (C=O) groups excluding carboxylic acids is 1. The standard InChI is InChI=1S/C16H17BrN2O3/c17-11-4-5-16(21)19(10-11)8-6-15(20)18-13-2-1-3-14-12(13)7-9-22-14/h4-5,7,9-10,13H,1-3,6,8H2,(H,18,20). The molecule has 0 saturated carbocycles. The molecule has 5 nitrogen and oxygen atoms in total. The van der Waals surface area contributed by atoms with Gasteiger partial charge in [0.15, 0.2) is 0 Å². The second kappa shape index (κ2) is 6.52. The van der Waals surface area contributed by atoms with Crippen molar-refractivity contribution in [2.24, 2.45) is 0 Å². The summed E-state index contributed by atoms with van der Waals surface area (Å²) in [5, 5.41) is 3.04. The average Bonchev–Trinajstić information content (AvgIpc) is 2.98. The molecule has 0 radical (unpaired) electrons. The van der Waals surface area contributed by atoms with Crippen molar-refractivity contribution in [2.75, 3.05) is 0 Å². The summed E-state index contributed by atoms with van der Waals surface area (Å²) in [6, 6.07) is 5.13. The number of carbonyl (C=O) groups is 1. The summed E-state index contributed by atoms with van der Waals surface area (Å²) in [6.45, 7) is 0.370. The van der Waals surface area contributed by atoms with Crippen molar-refractivity contribution in [2.45, 2.75) is 38.3 Å². The molecule has 0 aromatic carbocycles. The monoisotopic (exact) mass is 364 g/mol. The van der Waals surface area contributed by atoms with Crippen LogP contribution in [-0.4, -0.2) is 10.5 Å². The van der Waals surface area contributed by atoms with E-state index in [0.29, 0.717) is 6.54 Å². The van der Waals surface area contributed by atoms with E-state index in [4.69, 9.17) is 4.42 Å². The molecule has 1 aliphatic rings. The highest BCUT2D eigenvalue weighted by Crippen LogP contribution is 2.30. The Balaban J connectivity index is 1.60. The molecule has 0 fully saturated rings. The Hall–Kier alpha value is -1.82. The van der Waals surface area contributed by atoms with Crippen molar-refractivity contribution in [3.05, 3.63) is 56.8 Å². The van der Waals surface area contributed by atoms with E-state index in [2.05, 4.69) is 21.2 Å². The van der Waals surface area contributed by atoms with E-state index in [9.17, 15) is 9.59 Å². The van der Waals surface area contributed by atoms with Gasteiger partial charge >= 0.3 is 0 Å². The number of aryl methyl sites for hydroxylation is 2. The molecule has 6 heteroatoms. The van der Waals surface area contributed by atoms with Gasteiger partial charge in [0.2, 0.25) is 5.91 Å². The number of furan rings is 1. The molecule has 1 N–H and O–H groups in total. The number of rotatable bonds is 4. The summed E-state index contributed by atoms with van der Waals surface area (Å²) in [7, 11) is 0. The summed E-state index contributed by atoms with van der Waals surface area (Å²) in [5.74, 6) is 0.922. The Morgan fingerprint density at radius 3 is 3.14 bits per heavy atom. The molecule has 2 heterocycles. The highest BCUT2D eigenvalue weighted by molar-refractivity contribution is 9.10. The lowest BCUT2D eigenvalue weighted by Gasteiger charge is -2.22. The van der Waals surface area contributed by atoms with Crippen LogP contribution in [0.1, 0.15) is 36.6 Å². The highest BCUT2D eigenvalue weighted by atomic mass is 79.9. The predicted molar refractivity (Wildman–Crippen MR) is 85.5 cm³/mol. The lowest BCUT2D eigenvalue weighted by molar-refractivity contribution is -0.122. The van der Waals surface area contributed by atoms with Gasteiger partial charge in [-0.05, 0) is 40.9 Å². The number of halogens is 1. The fraction of sp³-hybridized carbons (Fsp3) is 0.375. The van der Waals surface area contributed by atoms with E-state index in [0.717, 1.165) is 35.1 Å². The molecule has 0 bridgehead atoms. The summed E-state index contributed by atoms with van der Waals surface area (Å²) >= 11 is 3.33. The Kier molecular flexibility index (Phi) is 4.47. The number of nitrogens with one attached hydrogen (secondary N) is 1. The van der Waals surface area contributed by atoms with Gasteiger partial charge in [-0.25, -0.2) is 0 Å². The van der Waals surface area contributed by atoms with Gasteiger partial charge in [0.1, 0.15) is 5.76 Å². The van der Waals surface area contributed by atoms with Gasteiger partial charge in [-0.1, -0.05) is 0 Å². The second-order valence-electron chi connectivity index (χ2n) is 5.44. The largest absolute Gasteiger partial charge is 0.469 e. The minimum Gasteiger partial charge on any atom is -0.469 e. The number of hydrogen-bond acceptors (Lipinski definition) is 3. The summed E-state index contributed by atoms with van der Waals surface area (Å²) in [5.41, 5.74) is 0.977. The number of amides is 1. The molecule has 2 aromatic heterocycles. The van der Waals surface area contributed by atoms with Gasteiger partial charge in [0.25, 0.3) is 5.56 Å². The lowest BCUT2D eigenvalue weighted by Crippen LogP contribution is -2.32. The number of aromatic nitrogens is 1. The quantitative estimate of drug-likeness (QED) is 0.906. The molecule has 3 rings (SSSR count). The maximum atomic E-state index is 12.1. The van der Waals surface area contributed by atoms with Gasteiger partial charge < -0.3 is 14.3 Å². The molecule has 1 unspecified atom stereocenters. The molecule has 22 heavy (non-hydrogen) atoms. The smallest absolute Gasteiger partial charge is 0.250 e. The van der Waals surface area contributed by atoms with Crippen LogP contribution in [0.2, 0.25) is 0 Å². The van der Waals surface area contributed by atoms with Crippen LogP contribution in [-0.2, 0) is 17.8 Å². The van der Waals surface area contributed by atoms with Crippen molar-refractivity contribution in [1.29, 1.82) is 0 Å². The van der Waals surface area contributed by atoms with Crippen LogP contribution in [0.3, 0.4) is 0 Å². The van der Waals surface area contributed by atoms with Crippen molar-refractivity contribution in [3.63, 3.8) is 0 Å². The maximum absolute atomic E-state index is 12.1. The summed E-state index contributed by atoms with van der Waals surface area (Å²) in [6.07, 6.45) is 6.52. The first-order chi connectivity index (χ1) is 10.6. The van der Waals surface area contributed by atoms with Crippen LogP contribution >= 0.6 is 15.9 Å². The third kappa shape index (κ3) is 3.32. The van der Waals surface area contributed by atoms with Gasteiger partial charge in [0, 0.05) is 41.7 Å². The summed E-state index contributed by atoms with van der Waals surface area (Å²) in [4.78, 5) is 23.8. The van der Waals surface area contributed by atoms with Crippen molar-refractivity contribution < 1.29 is 9.21 Å². The van der Waals surface area contributed by atoms with E-state index in [1.165, 1.54) is 10.6 Å². The fourth-order valence-electron chi connectivity index (χ4n) is 2.80. The molecule has 1 aliphatic carbocycles. The molecule has 116 valence electrons. The first-order valence-corrected chi connectivity index (χ1v) is 8.14. The third-order valence-electron chi connectivity index (χ3n) is 3.91. The first kappa shape index (κ1) is 15.1. The number of fused-ring (bicyclic) bond motifs is 1. The number of hydrogen-bond donors (Lipinski definition) is 1. The second-order valence-corrected chi connectivity index (χ2v) is 6.36. The van der Waals surface area contributed by atoms with Crippen LogP contribution < -0.4 is 10.9 Å². The van der Waals surface area contributed by atoms with E-state index in [-0.39, 0.29) is 23.9 Å². The fourth-order valence-corrected chi connectivity index (χ4v) is 3.18. The van der Waals surface area contributed by atoms with E-state index >= 15 is 0 Å². The van der Waals surface area contributed by atoms with Crippen LogP contribution in [0.25, 0.3) is 0 Å². The molecule has 0 saturated heterocycles. The maximum Gasteiger partial charge on any atom is 0.250 e. The lowest BCUT2D eigenvalue weighted by atomic mass is 9.93. The molecular weight excluding hydrogens is 348 g/mol. The van der Waals surface area contributed by atoms with Gasteiger partial charge in [-0.3, -0.25) is 9.59 Å². The zero-order chi connectivity index (χ0) is 15.5. The minimum absolute atomic E-state index is 0.0224. The topological polar surface area (TPSA) is 64.2 Å². The van der Waals surface area contributed by atoms with Crippen molar-refractivity contribution in [3.8, 4) is 0 Å². The number of pyridine rings is 1. The van der Waals surface area contributed by atoms with Crippen LogP contribution in [0.15, 0.2) is 44.3 Å². The summed E-state index contributed by atoms with van der Waals surface area (Å²) < 4.78 is 7.78. The van der Waals surface area contributed by atoms with Crippen molar-refractivity contribution >= 4 is 21.8 Å². The zero-order valence-electron chi connectivity index (χ0n) is 12.0. The van der Waals surface area contributed by atoms with Gasteiger partial charge in [0.05, 0.1) is 12.3 Å². The SMILES string of the molecule is O=C(CCn1cc(Br)ccc1=O)NC1CCCc2occc21. The Morgan fingerprint density at radius 2 is 2.27 bits per heavy atom. The van der Waals surface area contributed by atoms with Crippen LogP contribution in [0, 0.1) is 0 Å². The molecule has 1 atom stereocenters. The van der Waals surface area contributed by atoms with Crippen molar-refractivity contribution in [1.82, 2.24) is 9.88 Å². The molecular formula is C16H17BrN2O3. The Morgan fingerprint density at radius 1 is 1.41 bits per heavy atom. The molecule has 0 spiro atoms. The van der Waals surface area contributed by atoms with Gasteiger partial charge in [-0.15, -0.1) is 0 Å². The predicted octanol–water partition coefficient (Wildman–Crippen LogP) is 2.79. The average molecular weight is 365 g/mol. The van der Waals surface area contributed by atoms with E-state index < -0.39 is 0 Å². The third-order valence-corrected chi connectivity index (χ3v) is 4.38. The molecule has 1 amide bonds. The first-order valence-electron chi connectivity index (χ1n) is 7.35. The Bertz CT molecular complexity index is 735. The molecule has 0 aliphatic heterocycles. The normalized spacial score (nSPS) is 17.0. The van der Waals surface area contributed by atoms with Gasteiger partial charge in [-0.2, -0.15) is 0 Å². The molecule has 2 aromatic rings. The Labute approximate surface area is 136 Å². The van der Waals surface area contributed by atoms with Crippen LogP contribution in [0.5, 0.6) is 0 Å².